The Labute approximate surface area is 136 Å². The first-order valence-corrected chi connectivity index (χ1v) is 7.99. The second-order valence-corrected chi connectivity index (χ2v) is 6.19. The molecule has 2 aliphatic rings. The highest BCUT2D eigenvalue weighted by Gasteiger charge is 2.58. The van der Waals surface area contributed by atoms with Gasteiger partial charge >= 0.3 is 0 Å². The highest BCUT2D eigenvalue weighted by Crippen LogP contribution is 2.39. The minimum absolute atomic E-state index is 0.322. The predicted octanol–water partition coefficient (Wildman–Crippen LogP) is 0.228. The summed E-state index contributed by atoms with van der Waals surface area (Å²) in [6.45, 7) is 8.51. The van der Waals surface area contributed by atoms with Crippen molar-refractivity contribution in [3.63, 3.8) is 0 Å². The number of thiocarbonyl (C=S) groups is 1. The Bertz CT molecular complexity index is 403. The number of hydrogen-bond acceptors (Lipinski definition) is 7. The zero-order chi connectivity index (χ0) is 16.5. The van der Waals surface area contributed by atoms with E-state index in [9.17, 15) is 10.2 Å². The average Bonchev–Trinajstić information content (AvgIpc) is 2.92. The molecular weight excluding hydrogens is 310 g/mol. The Morgan fingerprint density at radius 3 is 2.50 bits per heavy atom. The molecule has 2 rings (SSSR count). The van der Waals surface area contributed by atoms with Gasteiger partial charge in [0.25, 0.3) is 5.17 Å². The monoisotopic (exact) mass is 335 g/mol. The van der Waals surface area contributed by atoms with E-state index in [1.165, 1.54) is 0 Å². The molecule has 0 bridgehead atoms. The summed E-state index contributed by atoms with van der Waals surface area (Å²) < 4.78 is 23.0. The maximum absolute atomic E-state index is 9.96. The number of aliphatic hydroxyl groups is 2. The fraction of sp³-hybridized carbons (Fsp3) is 0.929. The van der Waals surface area contributed by atoms with Crippen molar-refractivity contribution < 1.29 is 29.2 Å². The zero-order valence-electron chi connectivity index (χ0n) is 13.4. The molecule has 128 valence electrons. The van der Waals surface area contributed by atoms with Crippen LogP contribution in [0.4, 0.5) is 0 Å². The molecule has 0 saturated carbocycles. The lowest BCUT2D eigenvalue weighted by Crippen LogP contribution is -2.47. The lowest BCUT2D eigenvalue weighted by atomic mass is 10.1. The Balaban J connectivity index is 2.13. The minimum Gasteiger partial charge on any atom is -0.462 e. The molecule has 2 fully saturated rings. The summed E-state index contributed by atoms with van der Waals surface area (Å²) in [6.07, 6.45) is -3.64. The molecule has 0 aromatic rings. The number of fused-ring (bicyclic) bond motifs is 1. The largest absolute Gasteiger partial charge is 0.462 e. The van der Waals surface area contributed by atoms with E-state index in [1.54, 1.807) is 13.8 Å². The Hall–Kier alpha value is -0.510. The van der Waals surface area contributed by atoms with Gasteiger partial charge in [0.2, 0.25) is 0 Å². The third-order valence-corrected chi connectivity index (χ3v) is 4.21. The molecule has 2 heterocycles. The van der Waals surface area contributed by atoms with E-state index in [0.29, 0.717) is 18.3 Å². The fourth-order valence-electron chi connectivity index (χ4n) is 2.72. The average molecular weight is 335 g/mol. The Morgan fingerprint density at radius 2 is 1.95 bits per heavy atom. The van der Waals surface area contributed by atoms with Crippen molar-refractivity contribution in [2.45, 2.75) is 64.2 Å². The van der Waals surface area contributed by atoms with E-state index in [2.05, 4.69) is 0 Å². The van der Waals surface area contributed by atoms with E-state index < -0.39 is 43.1 Å². The molecule has 5 atom stereocenters. The standard InChI is InChI=1S/C14H25NO6S/c1-5-15(6-2)13(22)19-10-9(8(17)7-16)18-12-11(10)20-14(3,4)21-12/h8-12,16-17H,5-7H2,1-4H3/t8-,9-,10+,11-,12-/m1/s1. The summed E-state index contributed by atoms with van der Waals surface area (Å²) in [5, 5.41) is 19.5. The molecule has 8 heteroatoms. The molecule has 0 unspecified atom stereocenters. The maximum Gasteiger partial charge on any atom is 0.259 e. The Morgan fingerprint density at radius 1 is 1.32 bits per heavy atom. The molecule has 0 aromatic heterocycles. The van der Waals surface area contributed by atoms with Crippen LogP contribution in [0.25, 0.3) is 0 Å². The molecule has 2 saturated heterocycles. The van der Waals surface area contributed by atoms with Crippen LogP contribution in [-0.4, -0.2) is 76.5 Å². The fourth-order valence-corrected chi connectivity index (χ4v) is 3.09. The topological polar surface area (TPSA) is 80.6 Å². The number of ether oxygens (including phenoxy) is 4. The summed E-state index contributed by atoms with van der Waals surface area (Å²) in [7, 11) is 0. The maximum atomic E-state index is 9.96. The molecule has 0 radical (unpaired) electrons. The first kappa shape index (κ1) is 17.8. The molecule has 0 aliphatic carbocycles. The Kier molecular flexibility index (Phi) is 5.63. The first-order valence-electron chi connectivity index (χ1n) is 7.58. The lowest BCUT2D eigenvalue weighted by Gasteiger charge is -2.30. The number of rotatable bonds is 5. The van der Waals surface area contributed by atoms with Crippen molar-refractivity contribution in [3.8, 4) is 0 Å². The van der Waals surface area contributed by atoms with E-state index in [1.807, 2.05) is 18.7 Å². The van der Waals surface area contributed by atoms with Gasteiger partial charge in [-0.1, -0.05) is 0 Å². The van der Waals surface area contributed by atoms with Gasteiger partial charge in [0.05, 0.1) is 6.61 Å². The number of nitrogens with zero attached hydrogens (tertiary/aromatic N) is 1. The summed E-state index contributed by atoms with van der Waals surface area (Å²) in [6, 6.07) is 0. The number of aliphatic hydroxyl groups excluding tert-OH is 2. The van der Waals surface area contributed by atoms with Crippen LogP contribution in [0.3, 0.4) is 0 Å². The van der Waals surface area contributed by atoms with E-state index in [4.69, 9.17) is 31.2 Å². The number of hydrogen-bond donors (Lipinski definition) is 2. The van der Waals surface area contributed by atoms with E-state index >= 15 is 0 Å². The molecule has 2 aliphatic heterocycles. The quantitative estimate of drug-likeness (QED) is 0.691. The van der Waals surface area contributed by atoms with Crippen LogP contribution in [0.1, 0.15) is 27.7 Å². The van der Waals surface area contributed by atoms with Crippen LogP contribution < -0.4 is 0 Å². The van der Waals surface area contributed by atoms with Crippen LogP contribution in [0.2, 0.25) is 0 Å². The molecule has 0 aromatic carbocycles. The van der Waals surface area contributed by atoms with Gasteiger partial charge in [-0.2, -0.15) is 0 Å². The molecule has 22 heavy (non-hydrogen) atoms. The van der Waals surface area contributed by atoms with E-state index in [-0.39, 0.29) is 0 Å². The lowest BCUT2D eigenvalue weighted by molar-refractivity contribution is -0.226. The van der Waals surface area contributed by atoms with Crippen molar-refractivity contribution in [2.75, 3.05) is 19.7 Å². The molecule has 0 amide bonds. The van der Waals surface area contributed by atoms with Gasteiger partial charge in [-0.15, -0.1) is 0 Å². The normalized spacial score (nSPS) is 34.3. The highest BCUT2D eigenvalue weighted by molar-refractivity contribution is 7.80. The van der Waals surface area contributed by atoms with Gasteiger partial charge in [0.1, 0.15) is 12.2 Å². The van der Waals surface area contributed by atoms with Crippen molar-refractivity contribution in [1.29, 1.82) is 0 Å². The minimum atomic E-state index is -1.09. The first-order chi connectivity index (χ1) is 10.3. The SMILES string of the molecule is CCN(CC)C(=S)O[C@@H]1[C@H]2OC(C)(C)O[C@H]2O[C@@H]1[C@H](O)CO. The van der Waals surface area contributed by atoms with Gasteiger partial charge in [-0.3, -0.25) is 0 Å². The summed E-state index contributed by atoms with van der Waals surface area (Å²) in [5.74, 6) is -0.789. The van der Waals surface area contributed by atoms with E-state index in [0.717, 1.165) is 0 Å². The molecular formula is C14H25NO6S. The van der Waals surface area contributed by atoms with Gasteiger partial charge in [0.15, 0.2) is 24.3 Å². The predicted molar refractivity (Wildman–Crippen MR) is 82.2 cm³/mol. The van der Waals surface area contributed by atoms with Gasteiger partial charge < -0.3 is 34.1 Å². The van der Waals surface area contributed by atoms with Crippen molar-refractivity contribution in [2.24, 2.45) is 0 Å². The third kappa shape index (κ3) is 3.52. The van der Waals surface area contributed by atoms with Crippen molar-refractivity contribution >= 4 is 17.4 Å². The highest BCUT2D eigenvalue weighted by atomic mass is 32.1. The summed E-state index contributed by atoms with van der Waals surface area (Å²) in [5.41, 5.74) is 0. The van der Waals surface area contributed by atoms with Gasteiger partial charge in [0, 0.05) is 13.1 Å². The van der Waals surface area contributed by atoms with Gasteiger partial charge in [-0.25, -0.2) is 0 Å². The van der Waals surface area contributed by atoms with Crippen molar-refractivity contribution in [1.82, 2.24) is 4.90 Å². The van der Waals surface area contributed by atoms with Gasteiger partial charge in [-0.05, 0) is 39.9 Å². The van der Waals surface area contributed by atoms with Crippen LogP contribution in [0.5, 0.6) is 0 Å². The zero-order valence-corrected chi connectivity index (χ0v) is 14.2. The second kappa shape index (κ2) is 6.94. The van der Waals surface area contributed by atoms with Crippen LogP contribution in [-0.2, 0) is 18.9 Å². The van der Waals surface area contributed by atoms with Crippen LogP contribution in [0.15, 0.2) is 0 Å². The second-order valence-electron chi connectivity index (χ2n) is 5.84. The molecule has 0 spiro atoms. The van der Waals surface area contributed by atoms with Crippen molar-refractivity contribution in [3.05, 3.63) is 0 Å². The van der Waals surface area contributed by atoms with Crippen LogP contribution in [0, 0.1) is 0 Å². The summed E-state index contributed by atoms with van der Waals surface area (Å²) in [4.78, 5) is 1.88. The van der Waals surface area contributed by atoms with Crippen LogP contribution >= 0.6 is 12.2 Å². The smallest absolute Gasteiger partial charge is 0.259 e. The molecule has 7 nitrogen and oxygen atoms in total. The molecule has 2 N–H and O–H groups in total. The summed E-state index contributed by atoms with van der Waals surface area (Å²) >= 11 is 5.31. The third-order valence-electron chi connectivity index (χ3n) is 3.85.